The normalized spacial score (nSPS) is 13.2. The number of fused-ring (bicyclic) bond motifs is 1. The molecular weight excluding hydrogens is 368 g/mol. The summed E-state index contributed by atoms with van der Waals surface area (Å²) in [4.78, 5) is 9.08. The Labute approximate surface area is 169 Å². The number of ether oxygens (including phenoxy) is 1. The van der Waals surface area contributed by atoms with Gasteiger partial charge in [-0.25, -0.2) is 4.98 Å². The van der Waals surface area contributed by atoms with Gasteiger partial charge in [-0.2, -0.15) is 5.10 Å². The Kier molecular flexibility index (Phi) is 6.09. The van der Waals surface area contributed by atoms with E-state index in [2.05, 4.69) is 55.9 Å². The molecule has 29 heavy (non-hydrogen) atoms. The van der Waals surface area contributed by atoms with Gasteiger partial charge in [-0.05, 0) is 42.7 Å². The second-order valence-corrected chi connectivity index (χ2v) is 6.81. The second-order valence-electron chi connectivity index (χ2n) is 6.81. The van der Waals surface area contributed by atoms with Crippen molar-refractivity contribution in [3.8, 4) is 17.3 Å². The topological polar surface area (TPSA) is 100 Å². The van der Waals surface area contributed by atoms with Crippen LogP contribution < -0.4 is 15.4 Å². The summed E-state index contributed by atoms with van der Waals surface area (Å²) in [7, 11) is 0. The molecule has 2 aromatic heterocycles. The number of rotatable bonds is 8. The summed E-state index contributed by atoms with van der Waals surface area (Å²) in [6.45, 7) is 5.09. The molecule has 8 nitrogen and oxygen atoms in total. The number of nitrogens with one attached hydrogen (secondary N) is 3. The average Bonchev–Trinajstić information content (AvgIpc) is 3.48. The molecule has 0 bridgehead atoms. The first-order valence-electron chi connectivity index (χ1n) is 10.0. The zero-order valence-electron chi connectivity index (χ0n) is 16.6. The molecule has 0 radical (unpaired) electrons. The minimum Gasteiger partial charge on any atom is -0.493 e. The van der Waals surface area contributed by atoms with Crippen LogP contribution in [0.2, 0.25) is 0 Å². The molecule has 3 aromatic rings. The number of aromatic amines is 1. The molecule has 8 heteroatoms. The predicted molar refractivity (Wildman–Crippen MR) is 111 cm³/mol. The summed E-state index contributed by atoms with van der Waals surface area (Å²) in [5, 5.41) is 13.8. The number of H-pyrrole nitrogens is 1. The molecule has 152 valence electrons. The Hall–Kier alpha value is -3.29. The maximum absolute atomic E-state index is 5.57. The lowest BCUT2D eigenvalue weighted by atomic mass is 10.1. The van der Waals surface area contributed by atoms with E-state index in [1.54, 1.807) is 6.26 Å². The van der Waals surface area contributed by atoms with Gasteiger partial charge in [-0.3, -0.25) is 10.1 Å². The molecule has 4 rings (SSSR count). The molecule has 0 atom stereocenters. The summed E-state index contributed by atoms with van der Waals surface area (Å²) in [6, 6.07) is 10.1. The third-order valence-corrected chi connectivity index (χ3v) is 4.70. The molecule has 0 fully saturated rings. The van der Waals surface area contributed by atoms with E-state index < -0.39 is 0 Å². The number of benzene rings is 1. The number of nitrogens with zero attached hydrogens (tertiary/aromatic N) is 3. The Morgan fingerprint density at radius 1 is 1.24 bits per heavy atom. The zero-order chi connectivity index (χ0) is 19.9. The summed E-state index contributed by atoms with van der Waals surface area (Å²) >= 11 is 0. The fourth-order valence-electron chi connectivity index (χ4n) is 3.26. The molecule has 0 spiro atoms. The van der Waals surface area contributed by atoms with Crippen LogP contribution in [0.4, 0.5) is 0 Å². The fraction of sp³-hybridized carbons (Fsp3) is 0.381. The number of aliphatic imine (C=N–C) groups is 1. The van der Waals surface area contributed by atoms with Crippen molar-refractivity contribution in [3.05, 3.63) is 53.5 Å². The summed E-state index contributed by atoms with van der Waals surface area (Å²) < 4.78 is 10.9. The van der Waals surface area contributed by atoms with Crippen molar-refractivity contribution in [3.63, 3.8) is 0 Å². The number of furan rings is 1. The van der Waals surface area contributed by atoms with E-state index >= 15 is 0 Å². The van der Waals surface area contributed by atoms with E-state index in [9.17, 15) is 0 Å². The Morgan fingerprint density at radius 3 is 3.07 bits per heavy atom. The molecular formula is C21H26N6O2. The highest BCUT2D eigenvalue weighted by atomic mass is 16.5. The van der Waals surface area contributed by atoms with E-state index in [1.165, 1.54) is 11.1 Å². The van der Waals surface area contributed by atoms with E-state index in [4.69, 9.17) is 9.15 Å². The predicted octanol–water partition coefficient (Wildman–Crippen LogP) is 2.34. The third-order valence-electron chi connectivity index (χ3n) is 4.70. The van der Waals surface area contributed by atoms with Crippen LogP contribution in [0.5, 0.6) is 5.75 Å². The SMILES string of the molecule is CCNC(=NCCc1nc(-c2ccco2)n[nH]1)NCCc1ccc2c(c1)CCO2. The van der Waals surface area contributed by atoms with E-state index in [0.717, 1.165) is 50.1 Å². The molecule has 0 saturated carbocycles. The first-order chi connectivity index (χ1) is 14.3. The number of aromatic nitrogens is 3. The largest absolute Gasteiger partial charge is 0.493 e. The highest BCUT2D eigenvalue weighted by Crippen LogP contribution is 2.25. The summed E-state index contributed by atoms with van der Waals surface area (Å²) in [5.74, 6) is 3.85. The maximum Gasteiger partial charge on any atom is 0.216 e. The first kappa shape index (κ1) is 19.0. The Morgan fingerprint density at radius 2 is 2.21 bits per heavy atom. The summed E-state index contributed by atoms with van der Waals surface area (Å²) in [6.07, 6.45) is 4.23. The van der Waals surface area contributed by atoms with Gasteiger partial charge in [0.1, 0.15) is 11.6 Å². The number of hydrogen-bond acceptors (Lipinski definition) is 5. The van der Waals surface area contributed by atoms with Gasteiger partial charge in [0, 0.05) is 32.5 Å². The third kappa shape index (κ3) is 4.96. The van der Waals surface area contributed by atoms with Crippen molar-refractivity contribution in [1.82, 2.24) is 25.8 Å². The lowest BCUT2D eigenvalue weighted by Crippen LogP contribution is -2.38. The van der Waals surface area contributed by atoms with Gasteiger partial charge in [0.25, 0.3) is 0 Å². The minimum atomic E-state index is 0.568. The second kappa shape index (κ2) is 9.27. The van der Waals surface area contributed by atoms with Crippen molar-refractivity contribution >= 4 is 5.96 Å². The average molecular weight is 394 g/mol. The quantitative estimate of drug-likeness (QED) is 0.401. The lowest BCUT2D eigenvalue weighted by molar-refractivity contribution is 0.357. The van der Waals surface area contributed by atoms with E-state index in [0.29, 0.717) is 24.6 Å². The molecule has 1 aliphatic rings. The van der Waals surface area contributed by atoms with E-state index in [1.807, 2.05) is 12.1 Å². The van der Waals surface area contributed by atoms with Crippen molar-refractivity contribution < 1.29 is 9.15 Å². The summed E-state index contributed by atoms with van der Waals surface area (Å²) in [5.41, 5.74) is 2.62. The molecule has 3 heterocycles. The Bertz CT molecular complexity index is 948. The lowest BCUT2D eigenvalue weighted by Gasteiger charge is -2.11. The molecule has 1 aromatic carbocycles. The van der Waals surface area contributed by atoms with Crippen LogP contribution in [0.3, 0.4) is 0 Å². The van der Waals surface area contributed by atoms with Gasteiger partial charge in [-0.1, -0.05) is 12.1 Å². The van der Waals surface area contributed by atoms with Crippen LogP contribution in [0, 0.1) is 0 Å². The van der Waals surface area contributed by atoms with Crippen LogP contribution in [-0.4, -0.2) is 47.4 Å². The fourth-order valence-corrected chi connectivity index (χ4v) is 3.26. The van der Waals surface area contributed by atoms with Gasteiger partial charge in [0.15, 0.2) is 11.7 Å². The maximum atomic E-state index is 5.57. The van der Waals surface area contributed by atoms with Crippen LogP contribution >= 0.6 is 0 Å². The number of hydrogen-bond donors (Lipinski definition) is 3. The molecule has 0 aliphatic carbocycles. The van der Waals surface area contributed by atoms with E-state index in [-0.39, 0.29) is 0 Å². The van der Waals surface area contributed by atoms with Gasteiger partial charge in [0.2, 0.25) is 5.82 Å². The van der Waals surface area contributed by atoms with Crippen LogP contribution in [0.15, 0.2) is 46.0 Å². The van der Waals surface area contributed by atoms with Crippen molar-refractivity contribution in [2.24, 2.45) is 4.99 Å². The molecule has 0 saturated heterocycles. The van der Waals surface area contributed by atoms with Gasteiger partial charge in [0.05, 0.1) is 12.9 Å². The van der Waals surface area contributed by atoms with Crippen LogP contribution in [0.1, 0.15) is 23.9 Å². The molecule has 3 N–H and O–H groups in total. The minimum absolute atomic E-state index is 0.568. The first-order valence-corrected chi connectivity index (χ1v) is 10.0. The smallest absolute Gasteiger partial charge is 0.216 e. The van der Waals surface area contributed by atoms with Gasteiger partial charge < -0.3 is 19.8 Å². The molecule has 0 amide bonds. The monoisotopic (exact) mass is 394 g/mol. The van der Waals surface area contributed by atoms with Crippen LogP contribution in [0.25, 0.3) is 11.6 Å². The van der Waals surface area contributed by atoms with Gasteiger partial charge in [-0.15, -0.1) is 0 Å². The van der Waals surface area contributed by atoms with Crippen LogP contribution in [-0.2, 0) is 19.3 Å². The standard InChI is InChI=1S/C21H26N6O2/c1-2-22-21(23-10-7-15-5-6-17-16(14-15)9-13-29-17)24-11-8-19-25-20(27-26-19)18-4-3-12-28-18/h3-6,12,14H,2,7-11,13H2,1H3,(H2,22,23,24)(H,25,26,27). The molecule has 0 unspecified atom stereocenters. The Balaban J connectivity index is 1.26. The van der Waals surface area contributed by atoms with Crippen molar-refractivity contribution in [2.45, 2.75) is 26.2 Å². The zero-order valence-corrected chi connectivity index (χ0v) is 16.6. The van der Waals surface area contributed by atoms with Gasteiger partial charge >= 0.3 is 0 Å². The highest BCUT2D eigenvalue weighted by Gasteiger charge is 2.12. The molecule has 1 aliphatic heterocycles. The number of guanidine groups is 1. The van der Waals surface area contributed by atoms with Crippen molar-refractivity contribution in [2.75, 3.05) is 26.2 Å². The van der Waals surface area contributed by atoms with Crippen molar-refractivity contribution in [1.29, 1.82) is 0 Å². The highest BCUT2D eigenvalue weighted by molar-refractivity contribution is 5.79.